The average molecular weight is 305 g/mol. The molecule has 0 unspecified atom stereocenters. The number of nitrogens with zero attached hydrogens (tertiary/aromatic N) is 2. The summed E-state index contributed by atoms with van der Waals surface area (Å²) in [6.45, 7) is 4.26. The van der Waals surface area contributed by atoms with E-state index < -0.39 is 11.9 Å². The van der Waals surface area contributed by atoms with Crippen LogP contribution in [0.1, 0.15) is 32.7 Å². The lowest BCUT2D eigenvalue weighted by atomic mass is 10.1. The zero-order valence-electron chi connectivity index (χ0n) is 12.8. The van der Waals surface area contributed by atoms with Gasteiger partial charge >= 0.3 is 0 Å². The lowest BCUT2D eigenvalue weighted by molar-refractivity contribution is -0.120. The minimum Gasteiger partial charge on any atom is -0.493 e. The Labute approximate surface area is 128 Å². The van der Waals surface area contributed by atoms with Crippen molar-refractivity contribution in [2.45, 2.75) is 32.7 Å². The molecule has 0 saturated carbocycles. The highest BCUT2D eigenvalue weighted by Gasteiger charge is 2.15. The van der Waals surface area contributed by atoms with Crippen molar-refractivity contribution < 1.29 is 13.9 Å². The monoisotopic (exact) mass is 305 g/mol. The molecule has 1 aromatic carbocycles. The molecule has 0 saturated heterocycles. The molecule has 0 aliphatic rings. The van der Waals surface area contributed by atoms with Crippen LogP contribution in [0.25, 0.3) is 11.1 Å². The van der Waals surface area contributed by atoms with Crippen LogP contribution in [-0.4, -0.2) is 22.3 Å². The van der Waals surface area contributed by atoms with E-state index in [-0.39, 0.29) is 5.82 Å². The second kappa shape index (κ2) is 7.06. The Morgan fingerprint density at radius 2 is 2.27 bits per heavy atom. The van der Waals surface area contributed by atoms with Crippen LogP contribution >= 0.6 is 0 Å². The van der Waals surface area contributed by atoms with Crippen molar-refractivity contribution in [1.82, 2.24) is 9.78 Å². The van der Waals surface area contributed by atoms with Gasteiger partial charge in [-0.25, -0.2) is 4.39 Å². The van der Waals surface area contributed by atoms with Crippen LogP contribution < -0.4 is 10.5 Å². The van der Waals surface area contributed by atoms with E-state index in [4.69, 9.17) is 10.5 Å². The van der Waals surface area contributed by atoms with E-state index in [1.165, 1.54) is 16.8 Å². The predicted molar refractivity (Wildman–Crippen MR) is 81.9 cm³/mol. The first-order chi connectivity index (χ1) is 10.5. The minimum absolute atomic E-state index is 0.354. The Bertz CT molecular complexity index is 655. The summed E-state index contributed by atoms with van der Waals surface area (Å²) in [5.74, 6) is -0.346. The fourth-order valence-electron chi connectivity index (χ4n) is 2.00. The second-order valence-electron chi connectivity index (χ2n) is 5.13. The Hall–Kier alpha value is -2.37. The Kier molecular flexibility index (Phi) is 5.14. The SMILES string of the molecule is CCCCOc1cc(F)ccc1-c1cnn([C@@H](C)C(N)=O)c1. The predicted octanol–water partition coefficient (Wildman–Crippen LogP) is 2.91. The number of benzene rings is 1. The average Bonchev–Trinajstić information content (AvgIpc) is 2.96. The molecule has 2 rings (SSSR count). The van der Waals surface area contributed by atoms with E-state index in [1.54, 1.807) is 25.4 Å². The number of amides is 1. The summed E-state index contributed by atoms with van der Waals surface area (Å²) in [6, 6.07) is 3.84. The summed E-state index contributed by atoms with van der Waals surface area (Å²) in [4.78, 5) is 11.2. The van der Waals surface area contributed by atoms with Gasteiger partial charge in [-0.15, -0.1) is 0 Å². The third kappa shape index (κ3) is 3.63. The summed E-state index contributed by atoms with van der Waals surface area (Å²) in [5.41, 5.74) is 6.76. The van der Waals surface area contributed by atoms with Crippen LogP contribution in [0.5, 0.6) is 5.75 Å². The fraction of sp³-hybridized carbons (Fsp3) is 0.375. The Morgan fingerprint density at radius 1 is 1.50 bits per heavy atom. The lowest BCUT2D eigenvalue weighted by Crippen LogP contribution is -2.24. The summed E-state index contributed by atoms with van der Waals surface area (Å²) >= 11 is 0. The van der Waals surface area contributed by atoms with Crippen molar-refractivity contribution in [2.75, 3.05) is 6.61 Å². The van der Waals surface area contributed by atoms with E-state index in [9.17, 15) is 9.18 Å². The molecule has 1 atom stereocenters. The zero-order chi connectivity index (χ0) is 16.1. The normalized spacial score (nSPS) is 12.1. The lowest BCUT2D eigenvalue weighted by Gasteiger charge is -2.10. The highest BCUT2D eigenvalue weighted by Crippen LogP contribution is 2.31. The standard InChI is InChI=1S/C16H20FN3O2/c1-3-4-7-22-15-8-13(17)5-6-14(15)12-9-19-20(10-12)11(2)16(18)21/h5-6,8-11H,3-4,7H2,1-2H3,(H2,18,21)/t11-/m0/s1. The van der Waals surface area contributed by atoms with Gasteiger partial charge in [-0.2, -0.15) is 5.10 Å². The first kappa shape index (κ1) is 16.0. The van der Waals surface area contributed by atoms with Gasteiger partial charge in [-0.1, -0.05) is 13.3 Å². The molecular formula is C16H20FN3O2. The van der Waals surface area contributed by atoms with Gasteiger partial charge in [0.05, 0.1) is 12.8 Å². The topological polar surface area (TPSA) is 70.1 Å². The quantitative estimate of drug-likeness (QED) is 0.800. The number of nitrogens with two attached hydrogens (primary N) is 1. The van der Waals surface area contributed by atoms with Gasteiger partial charge in [0.1, 0.15) is 17.6 Å². The van der Waals surface area contributed by atoms with Crippen molar-refractivity contribution in [3.8, 4) is 16.9 Å². The number of hydrogen-bond donors (Lipinski definition) is 1. The van der Waals surface area contributed by atoms with Crippen LogP contribution in [0.4, 0.5) is 4.39 Å². The number of halogens is 1. The molecule has 0 radical (unpaired) electrons. The largest absolute Gasteiger partial charge is 0.493 e. The molecule has 0 spiro atoms. The first-order valence-corrected chi connectivity index (χ1v) is 7.29. The van der Waals surface area contributed by atoms with Crippen LogP contribution in [-0.2, 0) is 4.79 Å². The number of ether oxygens (including phenoxy) is 1. The molecule has 118 valence electrons. The van der Waals surface area contributed by atoms with E-state index in [2.05, 4.69) is 12.0 Å². The first-order valence-electron chi connectivity index (χ1n) is 7.29. The number of hydrogen-bond acceptors (Lipinski definition) is 3. The maximum Gasteiger partial charge on any atom is 0.241 e. The number of primary amides is 1. The molecule has 2 N–H and O–H groups in total. The third-order valence-electron chi connectivity index (χ3n) is 3.42. The van der Waals surface area contributed by atoms with Crippen molar-refractivity contribution in [3.63, 3.8) is 0 Å². The molecule has 0 aliphatic carbocycles. The van der Waals surface area contributed by atoms with Crippen molar-refractivity contribution in [2.24, 2.45) is 5.73 Å². The van der Waals surface area contributed by atoms with Crippen molar-refractivity contribution in [1.29, 1.82) is 0 Å². The highest BCUT2D eigenvalue weighted by molar-refractivity contribution is 5.78. The van der Waals surface area contributed by atoms with Gasteiger partial charge in [0.25, 0.3) is 0 Å². The zero-order valence-corrected chi connectivity index (χ0v) is 12.8. The van der Waals surface area contributed by atoms with Crippen molar-refractivity contribution >= 4 is 5.91 Å². The molecule has 22 heavy (non-hydrogen) atoms. The van der Waals surface area contributed by atoms with E-state index >= 15 is 0 Å². The molecule has 1 amide bonds. The van der Waals surface area contributed by atoms with E-state index in [0.717, 1.165) is 24.0 Å². The smallest absolute Gasteiger partial charge is 0.241 e. The van der Waals surface area contributed by atoms with Gasteiger partial charge in [0.2, 0.25) is 5.91 Å². The van der Waals surface area contributed by atoms with Crippen LogP contribution in [0.3, 0.4) is 0 Å². The van der Waals surface area contributed by atoms with Gasteiger partial charge in [-0.05, 0) is 25.5 Å². The minimum atomic E-state index is -0.543. The molecule has 0 bridgehead atoms. The summed E-state index contributed by atoms with van der Waals surface area (Å²) < 4.78 is 20.6. The number of unbranched alkanes of at least 4 members (excludes halogenated alkanes) is 1. The second-order valence-corrected chi connectivity index (χ2v) is 5.13. The Balaban J connectivity index is 2.29. The molecule has 1 heterocycles. The molecular weight excluding hydrogens is 285 g/mol. The molecule has 5 nitrogen and oxygen atoms in total. The van der Waals surface area contributed by atoms with E-state index in [1.807, 2.05) is 0 Å². The molecule has 1 aromatic heterocycles. The van der Waals surface area contributed by atoms with Gasteiger partial charge in [0.15, 0.2) is 0 Å². The Morgan fingerprint density at radius 3 is 2.95 bits per heavy atom. The molecule has 2 aromatic rings. The highest BCUT2D eigenvalue weighted by atomic mass is 19.1. The van der Waals surface area contributed by atoms with E-state index in [0.29, 0.717) is 12.4 Å². The fourth-order valence-corrected chi connectivity index (χ4v) is 2.00. The molecule has 6 heteroatoms. The summed E-state index contributed by atoms with van der Waals surface area (Å²) in [5, 5.41) is 4.14. The maximum absolute atomic E-state index is 13.4. The number of aromatic nitrogens is 2. The third-order valence-corrected chi connectivity index (χ3v) is 3.42. The van der Waals surface area contributed by atoms with Gasteiger partial charge < -0.3 is 10.5 Å². The van der Waals surface area contributed by atoms with Gasteiger partial charge in [-0.3, -0.25) is 9.48 Å². The number of carbonyl (C=O) groups is 1. The molecule has 0 fully saturated rings. The molecule has 0 aliphatic heterocycles. The number of rotatable bonds is 7. The summed E-state index contributed by atoms with van der Waals surface area (Å²) in [6.07, 6.45) is 5.21. The summed E-state index contributed by atoms with van der Waals surface area (Å²) in [7, 11) is 0. The van der Waals surface area contributed by atoms with Crippen LogP contribution in [0.15, 0.2) is 30.6 Å². The van der Waals surface area contributed by atoms with Crippen LogP contribution in [0.2, 0.25) is 0 Å². The van der Waals surface area contributed by atoms with Crippen molar-refractivity contribution in [3.05, 3.63) is 36.4 Å². The number of carbonyl (C=O) groups excluding carboxylic acids is 1. The van der Waals surface area contributed by atoms with Crippen LogP contribution in [0, 0.1) is 5.82 Å². The maximum atomic E-state index is 13.4. The van der Waals surface area contributed by atoms with Gasteiger partial charge in [0, 0.05) is 23.4 Å².